The van der Waals surface area contributed by atoms with Crippen molar-refractivity contribution >= 4 is 27.0 Å². The van der Waals surface area contributed by atoms with Crippen LogP contribution in [-0.4, -0.2) is 5.43 Å². The van der Waals surface area contributed by atoms with Crippen molar-refractivity contribution in [2.75, 3.05) is 0 Å². The quantitative estimate of drug-likeness (QED) is 0.124. The van der Waals surface area contributed by atoms with E-state index in [0.717, 1.165) is 0 Å². The van der Waals surface area contributed by atoms with E-state index in [1.54, 1.807) is 23.3 Å². The number of hydrogen-bond donors (Lipinski definition) is 0. The van der Waals surface area contributed by atoms with Gasteiger partial charge in [-0.2, -0.15) is 6.07 Å². The Balaban J connectivity index is 0.000000255. The molecule has 0 aliphatic rings. The minimum atomic E-state index is 0. The molecule has 0 saturated carbocycles. The summed E-state index contributed by atoms with van der Waals surface area (Å²) in [6, 6.07) is 47.0. The second-order valence-electron chi connectivity index (χ2n) is 16.3. The number of fused-ring (bicyclic) bond motifs is 2. The van der Waals surface area contributed by atoms with E-state index in [9.17, 15) is 0 Å². The van der Waals surface area contributed by atoms with Crippen LogP contribution in [0.4, 0.5) is 0 Å². The van der Waals surface area contributed by atoms with Gasteiger partial charge in [-0.05, 0) is 40.0 Å². The molecule has 0 aromatic heterocycles. The maximum Gasteiger partial charge on any atom is -0.0132 e. The zero-order chi connectivity index (χ0) is 37.1. The first-order chi connectivity index (χ1) is 24.0. The van der Waals surface area contributed by atoms with Crippen LogP contribution in [0.5, 0.6) is 0 Å². The zero-order valence-electron chi connectivity index (χ0n) is 33.4. The molecule has 0 nitrogen and oxygen atoms in total. The van der Waals surface area contributed by atoms with Crippen molar-refractivity contribution in [2.45, 2.75) is 86.2 Å². The van der Waals surface area contributed by atoms with Crippen LogP contribution in [0.3, 0.4) is 0 Å². The maximum absolute atomic E-state index is 2.34. The van der Waals surface area contributed by atoms with Gasteiger partial charge in [-0.3, -0.25) is 0 Å². The molecule has 0 aliphatic carbocycles. The molecule has 7 aromatic rings. The summed E-state index contributed by atoms with van der Waals surface area (Å²) in [7, 11) is 0. The summed E-state index contributed by atoms with van der Waals surface area (Å²) >= 11 is 1.74. The zero-order valence-corrected chi connectivity index (χ0v) is 38.4. The normalized spacial score (nSPS) is 11.1. The van der Waals surface area contributed by atoms with Crippen molar-refractivity contribution in [3.05, 3.63) is 155 Å². The van der Waals surface area contributed by atoms with Gasteiger partial charge in [0, 0.05) is 0 Å². The molecule has 274 valence electrons. The van der Waals surface area contributed by atoms with Gasteiger partial charge < -0.3 is 24.8 Å². The number of benzene rings is 5. The van der Waals surface area contributed by atoms with E-state index in [0.29, 0.717) is 0 Å². The van der Waals surface area contributed by atoms with Crippen LogP contribution in [0.25, 0.3) is 54.9 Å². The van der Waals surface area contributed by atoms with Gasteiger partial charge in [-0.25, -0.2) is 0 Å². The van der Waals surface area contributed by atoms with E-state index in [4.69, 9.17) is 0 Å². The van der Waals surface area contributed by atoms with Crippen LogP contribution in [0.15, 0.2) is 127 Å². The Bertz CT molecular complexity index is 2270. The Hall–Kier alpha value is -3.00. The molecule has 0 heterocycles. The topological polar surface area (TPSA) is 0 Å². The second kappa shape index (κ2) is 18.6. The Morgan fingerprint density at radius 3 is 1.51 bits per heavy atom. The molecular weight excluding hydrogens is 779 g/mol. The van der Waals surface area contributed by atoms with Crippen LogP contribution in [0.2, 0.25) is 13.1 Å². The fraction of sp³-hybridized carbons (Fsp3) is 0.265. The third-order valence-electron chi connectivity index (χ3n) is 9.58. The van der Waals surface area contributed by atoms with Crippen molar-refractivity contribution in [1.82, 2.24) is 0 Å². The molecule has 0 unspecified atom stereocenters. The first-order valence-corrected chi connectivity index (χ1v) is 24.4. The van der Waals surface area contributed by atoms with E-state index in [-0.39, 0.29) is 41.1 Å². The molecule has 0 aliphatic heterocycles. The molecule has 0 bridgehead atoms. The summed E-state index contributed by atoms with van der Waals surface area (Å²) in [6.07, 6.45) is 0. The van der Waals surface area contributed by atoms with E-state index in [1.165, 1.54) is 82.7 Å². The predicted octanol–water partition coefficient (Wildman–Crippen LogP) is 8.43. The van der Waals surface area contributed by atoms with E-state index < -0.39 is 0 Å². The average molecular weight is 833 g/mol. The Morgan fingerprint density at radius 1 is 0.509 bits per heavy atom. The number of rotatable bonds is 3. The van der Waals surface area contributed by atoms with Gasteiger partial charge >= 0.3 is 41.9 Å². The van der Waals surface area contributed by atoms with Crippen molar-refractivity contribution < 1.29 is 48.1 Å². The smallest absolute Gasteiger partial charge is 0.0132 e. The maximum atomic E-state index is 2.34. The monoisotopic (exact) mass is 830 g/mol. The van der Waals surface area contributed by atoms with Gasteiger partial charge in [0.2, 0.25) is 0 Å². The average Bonchev–Trinajstić information content (AvgIpc) is 3.69. The summed E-state index contributed by atoms with van der Waals surface area (Å²) in [4.78, 5) is 0. The summed E-state index contributed by atoms with van der Waals surface area (Å²) in [6.45, 7) is 24.7. The minimum absolute atomic E-state index is 0. The largest absolute Gasteiger partial charge is 1.00 e. The van der Waals surface area contributed by atoms with Crippen LogP contribution in [0.1, 0.15) is 69.4 Å². The number of hydrogen-bond acceptors (Lipinski definition) is 0. The van der Waals surface area contributed by atoms with Gasteiger partial charge in [-0.15, -0.1) is 68.6 Å². The molecule has 4 heteroatoms. The summed E-state index contributed by atoms with van der Waals surface area (Å²) in [5.74, 6) is 0. The van der Waals surface area contributed by atoms with Gasteiger partial charge in [0.05, 0.1) is 0 Å². The van der Waals surface area contributed by atoms with Gasteiger partial charge in [0.15, 0.2) is 0 Å². The predicted molar refractivity (Wildman–Crippen MR) is 224 cm³/mol. The molecule has 0 fully saturated rings. The summed E-state index contributed by atoms with van der Waals surface area (Å²) in [5, 5.41) is 5.39. The first kappa shape index (κ1) is 44.4. The molecule has 7 rings (SSSR count). The molecule has 0 amide bonds. The van der Waals surface area contributed by atoms with Gasteiger partial charge in [0.25, 0.3) is 0 Å². The van der Waals surface area contributed by atoms with Gasteiger partial charge in [0.1, 0.15) is 0 Å². The van der Waals surface area contributed by atoms with E-state index in [1.807, 2.05) is 0 Å². The standard InChI is InChI=1S/C26H25.C21H23.C2H6Si.2ClH.Zr/c1-18-8-5-6-10-23(18)21-16-20-9-7-11-24(25(20)17-21)19-12-14-22(15-13-19)26(2,3)4;1-14-12-19-15(2)6-11-18(20(19)13-14)16-7-9-17(10-8-16)21(3,4)5;1-3-2;;;/h5-17H,1-4H3;6-13H,1-5H3;1-2H3;2*1H;/q2*-1;;;;+2/p-2. The molecular formula is C49H54Cl2SiZr-2. The third kappa shape index (κ3) is 11.0. The number of halogens is 2. The Labute approximate surface area is 347 Å². The molecule has 0 N–H and O–H groups in total. The van der Waals surface area contributed by atoms with E-state index in [2.05, 4.69) is 203 Å². The summed E-state index contributed by atoms with van der Waals surface area (Å²) < 4.78 is 0. The SMILES string of the molecule is C[Si](C)=[Zr+2].Cc1cc2c(-c3ccc(C(C)(C)C)cc3)ccc(C)c2[cH-]1.Cc1ccccc1-c1cc2c(-c3ccc(C(C)(C)C)cc3)cccc2[cH-]1.[Cl-].[Cl-]. The minimum Gasteiger partial charge on any atom is -1.00 e. The fourth-order valence-corrected chi connectivity index (χ4v) is 6.68. The Kier molecular flexibility index (Phi) is 15.5. The molecule has 0 spiro atoms. The van der Waals surface area contributed by atoms with Gasteiger partial charge in [-0.1, -0.05) is 169 Å². The van der Waals surface area contributed by atoms with Crippen molar-refractivity contribution in [3.63, 3.8) is 0 Å². The molecule has 0 saturated heterocycles. The van der Waals surface area contributed by atoms with Crippen LogP contribution in [0, 0.1) is 20.8 Å². The van der Waals surface area contributed by atoms with Crippen molar-refractivity contribution in [3.8, 4) is 33.4 Å². The summed E-state index contributed by atoms with van der Waals surface area (Å²) in [5.41, 5.74) is 15.2. The molecule has 53 heavy (non-hydrogen) atoms. The Morgan fingerprint density at radius 2 is 1.00 bits per heavy atom. The van der Waals surface area contributed by atoms with Crippen molar-refractivity contribution in [2.24, 2.45) is 0 Å². The van der Waals surface area contributed by atoms with Crippen LogP contribution < -0.4 is 24.8 Å². The fourth-order valence-electron chi connectivity index (χ4n) is 6.68. The second-order valence-corrected chi connectivity index (χ2v) is 25.7. The molecule has 0 radical (unpaired) electrons. The van der Waals surface area contributed by atoms with Crippen molar-refractivity contribution in [1.29, 1.82) is 0 Å². The molecule has 0 atom stereocenters. The van der Waals surface area contributed by atoms with Crippen LogP contribution >= 0.6 is 0 Å². The third-order valence-corrected chi connectivity index (χ3v) is 9.58. The first-order valence-electron chi connectivity index (χ1n) is 18.2. The van der Waals surface area contributed by atoms with E-state index >= 15 is 0 Å². The van der Waals surface area contributed by atoms with Crippen LogP contribution in [-0.2, 0) is 34.2 Å². The number of aryl methyl sites for hydroxylation is 3. The molecule has 7 aromatic carbocycles.